The van der Waals surface area contributed by atoms with Gasteiger partial charge in [0.2, 0.25) is 0 Å². The minimum Gasteiger partial charge on any atom is -0.366 e. The summed E-state index contributed by atoms with van der Waals surface area (Å²) in [5.41, 5.74) is 0.139. The van der Waals surface area contributed by atoms with Gasteiger partial charge in [-0.25, -0.2) is 4.98 Å². The van der Waals surface area contributed by atoms with E-state index < -0.39 is 11.7 Å². The minimum absolute atomic E-state index is 0.408. The van der Waals surface area contributed by atoms with Crippen molar-refractivity contribution in [3.63, 3.8) is 0 Å². The average molecular weight is 216 g/mol. The van der Waals surface area contributed by atoms with Crippen LogP contribution in [-0.4, -0.2) is 11.5 Å². The molecule has 0 saturated heterocycles. The van der Waals surface area contributed by atoms with Crippen LogP contribution in [0.15, 0.2) is 30.5 Å². The van der Waals surface area contributed by atoms with Crippen LogP contribution in [0.3, 0.4) is 0 Å². The van der Waals surface area contributed by atoms with E-state index in [-0.39, 0.29) is 0 Å². The zero-order valence-corrected chi connectivity index (χ0v) is 8.23. The molecule has 1 rings (SSSR count). The second-order valence-electron chi connectivity index (χ2n) is 3.24. The highest BCUT2D eigenvalue weighted by molar-refractivity contribution is 5.37. The molecule has 0 aliphatic heterocycles. The summed E-state index contributed by atoms with van der Waals surface area (Å²) in [4.78, 5) is 3.64. The van der Waals surface area contributed by atoms with Gasteiger partial charge in [-0.2, -0.15) is 13.2 Å². The van der Waals surface area contributed by atoms with Crippen LogP contribution in [0.25, 0.3) is 0 Å². The maximum atomic E-state index is 12.2. The Balaban J connectivity index is 2.69. The number of anilines is 1. The largest absolute Gasteiger partial charge is 0.417 e. The van der Waals surface area contributed by atoms with Crippen molar-refractivity contribution in [2.75, 3.05) is 11.9 Å². The van der Waals surface area contributed by atoms with Crippen molar-refractivity contribution >= 4 is 5.82 Å². The van der Waals surface area contributed by atoms with Gasteiger partial charge in [-0.3, -0.25) is 0 Å². The van der Waals surface area contributed by atoms with Gasteiger partial charge in [0.1, 0.15) is 5.82 Å². The lowest BCUT2D eigenvalue weighted by molar-refractivity contribution is -0.137. The highest BCUT2D eigenvalue weighted by atomic mass is 19.4. The second-order valence-corrected chi connectivity index (χ2v) is 3.24. The van der Waals surface area contributed by atoms with Crippen LogP contribution in [0.1, 0.15) is 12.5 Å². The number of halogens is 3. The standard InChI is InChI=1S/C10H11F3N2/c1-7(2)5-14-9-4-3-8(6-15-9)10(11,12)13/h3-4,6H,1,5H2,2H3,(H,14,15). The minimum atomic E-state index is -4.33. The van der Waals surface area contributed by atoms with Gasteiger partial charge >= 0.3 is 6.18 Å². The first-order valence-electron chi connectivity index (χ1n) is 4.31. The summed E-state index contributed by atoms with van der Waals surface area (Å²) in [5, 5.41) is 2.84. The van der Waals surface area contributed by atoms with Gasteiger partial charge in [-0.05, 0) is 19.1 Å². The first-order chi connectivity index (χ1) is 6.89. The number of hydrogen-bond donors (Lipinski definition) is 1. The van der Waals surface area contributed by atoms with Crippen LogP contribution < -0.4 is 5.32 Å². The van der Waals surface area contributed by atoms with Crippen molar-refractivity contribution in [1.82, 2.24) is 4.98 Å². The molecule has 0 aliphatic carbocycles. The van der Waals surface area contributed by atoms with Crippen molar-refractivity contribution in [3.05, 3.63) is 36.0 Å². The van der Waals surface area contributed by atoms with E-state index in [1.165, 1.54) is 6.07 Å². The topological polar surface area (TPSA) is 24.9 Å². The summed E-state index contributed by atoms with van der Waals surface area (Å²) in [5.74, 6) is 0.408. The van der Waals surface area contributed by atoms with Gasteiger partial charge < -0.3 is 5.32 Å². The van der Waals surface area contributed by atoms with Crippen molar-refractivity contribution in [2.45, 2.75) is 13.1 Å². The molecule has 1 aromatic heterocycles. The Morgan fingerprint density at radius 1 is 1.47 bits per heavy atom. The molecule has 1 heterocycles. The third-order valence-electron chi connectivity index (χ3n) is 1.66. The third kappa shape index (κ3) is 3.61. The third-order valence-corrected chi connectivity index (χ3v) is 1.66. The molecular weight excluding hydrogens is 205 g/mol. The molecule has 0 aromatic carbocycles. The van der Waals surface area contributed by atoms with Gasteiger partial charge in [-0.1, -0.05) is 12.2 Å². The Bertz CT molecular complexity index is 341. The van der Waals surface area contributed by atoms with Crippen LogP contribution in [0.5, 0.6) is 0 Å². The summed E-state index contributed by atoms with van der Waals surface area (Å²) in [7, 11) is 0. The molecule has 15 heavy (non-hydrogen) atoms. The molecule has 0 fully saturated rings. The zero-order chi connectivity index (χ0) is 11.5. The summed E-state index contributed by atoms with van der Waals surface area (Å²) in [6.45, 7) is 5.97. The van der Waals surface area contributed by atoms with Gasteiger partial charge in [0.05, 0.1) is 5.56 Å². The predicted molar refractivity (Wildman–Crippen MR) is 52.5 cm³/mol. The average Bonchev–Trinajstić information content (AvgIpc) is 2.14. The molecule has 0 bridgehead atoms. The molecule has 2 nitrogen and oxygen atoms in total. The summed E-state index contributed by atoms with van der Waals surface area (Å²) in [6, 6.07) is 2.29. The number of nitrogens with one attached hydrogen (secondary N) is 1. The van der Waals surface area contributed by atoms with E-state index in [0.717, 1.165) is 17.8 Å². The highest BCUT2D eigenvalue weighted by Gasteiger charge is 2.30. The molecule has 0 unspecified atom stereocenters. The maximum absolute atomic E-state index is 12.2. The molecule has 0 atom stereocenters. The Morgan fingerprint density at radius 2 is 2.13 bits per heavy atom. The molecule has 0 amide bonds. The molecule has 1 aromatic rings. The van der Waals surface area contributed by atoms with Crippen LogP contribution in [-0.2, 0) is 6.18 Å². The lowest BCUT2D eigenvalue weighted by Crippen LogP contribution is -2.07. The fourth-order valence-corrected chi connectivity index (χ4v) is 0.908. The second kappa shape index (κ2) is 4.33. The van der Waals surface area contributed by atoms with E-state index in [0.29, 0.717) is 12.4 Å². The van der Waals surface area contributed by atoms with E-state index in [2.05, 4.69) is 16.9 Å². The number of alkyl halides is 3. The predicted octanol–water partition coefficient (Wildman–Crippen LogP) is 3.09. The molecule has 0 spiro atoms. The first-order valence-corrected chi connectivity index (χ1v) is 4.31. The van der Waals surface area contributed by atoms with Crippen LogP contribution in [0, 0.1) is 0 Å². The molecular formula is C10H11F3N2. The number of hydrogen-bond acceptors (Lipinski definition) is 2. The Hall–Kier alpha value is -1.52. The first kappa shape index (κ1) is 11.6. The van der Waals surface area contributed by atoms with Crippen LogP contribution >= 0.6 is 0 Å². The summed E-state index contributed by atoms with van der Waals surface area (Å²) in [6.07, 6.45) is -3.53. The van der Waals surface area contributed by atoms with Crippen molar-refractivity contribution in [2.24, 2.45) is 0 Å². The number of aromatic nitrogens is 1. The normalized spacial score (nSPS) is 11.2. The van der Waals surface area contributed by atoms with Crippen LogP contribution in [0.4, 0.5) is 19.0 Å². The lowest BCUT2D eigenvalue weighted by atomic mass is 10.3. The fourth-order valence-electron chi connectivity index (χ4n) is 0.908. The van der Waals surface area contributed by atoms with E-state index >= 15 is 0 Å². The van der Waals surface area contributed by atoms with E-state index in [1.807, 2.05) is 6.92 Å². The van der Waals surface area contributed by atoms with Gasteiger partial charge in [-0.15, -0.1) is 0 Å². The zero-order valence-electron chi connectivity index (χ0n) is 8.23. The number of rotatable bonds is 3. The maximum Gasteiger partial charge on any atom is 0.417 e. The van der Waals surface area contributed by atoms with Gasteiger partial charge in [0.25, 0.3) is 0 Å². The fraction of sp³-hybridized carbons (Fsp3) is 0.300. The monoisotopic (exact) mass is 216 g/mol. The quantitative estimate of drug-likeness (QED) is 0.785. The SMILES string of the molecule is C=C(C)CNc1ccc(C(F)(F)F)cn1. The van der Waals surface area contributed by atoms with Gasteiger partial charge in [0, 0.05) is 12.7 Å². The molecule has 0 saturated carbocycles. The molecule has 5 heteroatoms. The molecule has 82 valence electrons. The van der Waals surface area contributed by atoms with Crippen molar-refractivity contribution < 1.29 is 13.2 Å². The van der Waals surface area contributed by atoms with Crippen molar-refractivity contribution in [1.29, 1.82) is 0 Å². The lowest BCUT2D eigenvalue weighted by Gasteiger charge is -2.08. The Labute approximate surface area is 85.8 Å². The summed E-state index contributed by atoms with van der Waals surface area (Å²) < 4.78 is 36.5. The number of nitrogens with zero attached hydrogens (tertiary/aromatic N) is 1. The summed E-state index contributed by atoms with van der Waals surface area (Å²) >= 11 is 0. The Kier molecular flexibility index (Phi) is 3.34. The highest BCUT2D eigenvalue weighted by Crippen LogP contribution is 2.28. The molecule has 0 radical (unpaired) electrons. The smallest absolute Gasteiger partial charge is 0.366 e. The van der Waals surface area contributed by atoms with E-state index in [9.17, 15) is 13.2 Å². The van der Waals surface area contributed by atoms with Crippen LogP contribution in [0.2, 0.25) is 0 Å². The van der Waals surface area contributed by atoms with Gasteiger partial charge in [0.15, 0.2) is 0 Å². The van der Waals surface area contributed by atoms with E-state index in [4.69, 9.17) is 0 Å². The van der Waals surface area contributed by atoms with E-state index in [1.54, 1.807) is 0 Å². The van der Waals surface area contributed by atoms with Crippen molar-refractivity contribution in [3.8, 4) is 0 Å². The Morgan fingerprint density at radius 3 is 2.53 bits per heavy atom. The molecule has 0 aliphatic rings. The molecule has 1 N–H and O–H groups in total. The number of pyridine rings is 1.